The fourth-order valence-corrected chi connectivity index (χ4v) is 1.69. The number of phenols is 1. The molecule has 1 rings (SSSR count). The van der Waals surface area contributed by atoms with E-state index < -0.39 is 5.54 Å². The third kappa shape index (κ3) is 1.95. The molecule has 0 aromatic heterocycles. The zero-order valence-corrected chi connectivity index (χ0v) is 8.81. The number of phenolic OH excluding ortho intramolecular Hbond substituents is 1. The molecule has 0 bridgehead atoms. The molecule has 0 fully saturated rings. The van der Waals surface area contributed by atoms with Gasteiger partial charge in [-0.15, -0.1) is 0 Å². The van der Waals surface area contributed by atoms with Crippen LogP contribution in [-0.4, -0.2) is 5.11 Å². The van der Waals surface area contributed by atoms with Crippen molar-refractivity contribution in [3.63, 3.8) is 0 Å². The van der Waals surface area contributed by atoms with Crippen molar-refractivity contribution in [2.45, 2.75) is 26.3 Å². The van der Waals surface area contributed by atoms with Crippen LogP contribution in [-0.2, 0) is 5.54 Å². The number of aryl methyl sites for hydroxylation is 1. The maximum absolute atomic E-state index is 9.59. The van der Waals surface area contributed by atoms with Gasteiger partial charge in [0.15, 0.2) is 0 Å². The van der Waals surface area contributed by atoms with Gasteiger partial charge in [-0.25, -0.2) is 0 Å². The van der Waals surface area contributed by atoms with Gasteiger partial charge in [-0.1, -0.05) is 17.7 Å². The summed E-state index contributed by atoms with van der Waals surface area (Å²) in [6, 6.07) is 3.39. The van der Waals surface area contributed by atoms with E-state index in [0.29, 0.717) is 10.6 Å². The van der Waals surface area contributed by atoms with Gasteiger partial charge in [0.2, 0.25) is 0 Å². The quantitative estimate of drug-likeness (QED) is 0.730. The minimum Gasteiger partial charge on any atom is -0.508 e. The van der Waals surface area contributed by atoms with Gasteiger partial charge in [0, 0.05) is 11.1 Å². The summed E-state index contributed by atoms with van der Waals surface area (Å²) < 4.78 is 0. The molecule has 0 aliphatic rings. The number of hydrogen-bond donors (Lipinski definition) is 2. The second-order valence-corrected chi connectivity index (χ2v) is 4.19. The third-order valence-corrected chi connectivity index (χ3v) is 2.44. The molecule has 0 spiro atoms. The van der Waals surface area contributed by atoms with Crippen molar-refractivity contribution >= 4 is 11.6 Å². The van der Waals surface area contributed by atoms with Crippen LogP contribution in [0.3, 0.4) is 0 Å². The molecule has 0 heterocycles. The Morgan fingerprint density at radius 3 is 2.31 bits per heavy atom. The molecular weight excluding hydrogens is 186 g/mol. The second-order valence-electron chi connectivity index (χ2n) is 3.81. The summed E-state index contributed by atoms with van der Waals surface area (Å²) in [5.41, 5.74) is 6.79. The van der Waals surface area contributed by atoms with Crippen molar-refractivity contribution in [1.82, 2.24) is 0 Å². The lowest BCUT2D eigenvalue weighted by molar-refractivity contribution is 0.440. The first-order valence-electron chi connectivity index (χ1n) is 4.11. The van der Waals surface area contributed by atoms with Crippen LogP contribution in [0.4, 0.5) is 0 Å². The van der Waals surface area contributed by atoms with Crippen LogP contribution in [0.5, 0.6) is 5.75 Å². The van der Waals surface area contributed by atoms with Gasteiger partial charge in [0.1, 0.15) is 5.75 Å². The topological polar surface area (TPSA) is 46.2 Å². The summed E-state index contributed by atoms with van der Waals surface area (Å²) in [6.45, 7) is 5.51. The minimum absolute atomic E-state index is 0.156. The third-order valence-electron chi connectivity index (χ3n) is 1.96. The predicted molar refractivity (Wildman–Crippen MR) is 55.1 cm³/mol. The molecular formula is C10H14ClNO. The Kier molecular flexibility index (Phi) is 2.55. The zero-order chi connectivity index (χ0) is 10.2. The van der Waals surface area contributed by atoms with E-state index in [1.54, 1.807) is 12.1 Å². The number of nitrogens with two attached hydrogens (primary N) is 1. The lowest BCUT2D eigenvalue weighted by atomic mass is 9.93. The van der Waals surface area contributed by atoms with Gasteiger partial charge in [0.25, 0.3) is 0 Å². The van der Waals surface area contributed by atoms with Gasteiger partial charge in [0.05, 0.1) is 5.02 Å². The second kappa shape index (κ2) is 3.20. The molecule has 0 saturated carbocycles. The molecule has 0 aliphatic heterocycles. The molecule has 1 aromatic carbocycles. The van der Waals surface area contributed by atoms with E-state index in [1.165, 1.54) is 0 Å². The number of rotatable bonds is 1. The number of aromatic hydroxyl groups is 1. The molecule has 0 radical (unpaired) electrons. The van der Waals surface area contributed by atoms with E-state index in [2.05, 4.69) is 0 Å². The molecule has 0 unspecified atom stereocenters. The van der Waals surface area contributed by atoms with E-state index in [1.807, 2.05) is 20.8 Å². The van der Waals surface area contributed by atoms with E-state index in [9.17, 15) is 5.11 Å². The normalized spacial score (nSPS) is 11.8. The van der Waals surface area contributed by atoms with Crippen molar-refractivity contribution in [1.29, 1.82) is 0 Å². The Labute approximate surface area is 83.3 Å². The summed E-state index contributed by atoms with van der Waals surface area (Å²) in [6.07, 6.45) is 0. The fraction of sp³-hybridized carbons (Fsp3) is 0.400. The summed E-state index contributed by atoms with van der Waals surface area (Å²) >= 11 is 6.04. The van der Waals surface area contributed by atoms with Crippen LogP contribution in [0.25, 0.3) is 0 Å². The average Bonchev–Trinajstić information content (AvgIpc) is 1.95. The summed E-state index contributed by atoms with van der Waals surface area (Å²) in [5, 5.41) is 10.1. The van der Waals surface area contributed by atoms with Crippen LogP contribution >= 0.6 is 11.6 Å². The molecule has 0 atom stereocenters. The standard InChI is InChI=1S/C10H14ClNO/c1-6-4-5-7(13)8(9(6)11)10(2,3)12/h4-5,13H,12H2,1-3H3. The first-order chi connectivity index (χ1) is 5.84. The van der Waals surface area contributed by atoms with Gasteiger partial charge >= 0.3 is 0 Å². The lowest BCUT2D eigenvalue weighted by Crippen LogP contribution is -2.29. The number of benzene rings is 1. The van der Waals surface area contributed by atoms with Crippen LogP contribution in [0.15, 0.2) is 12.1 Å². The number of hydrogen-bond acceptors (Lipinski definition) is 2. The highest BCUT2D eigenvalue weighted by molar-refractivity contribution is 6.32. The average molecular weight is 200 g/mol. The predicted octanol–water partition coefficient (Wildman–Crippen LogP) is 2.55. The number of halogens is 1. The van der Waals surface area contributed by atoms with Crippen molar-refractivity contribution in [3.8, 4) is 5.75 Å². The Morgan fingerprint density at radius 1 is 1.38 bits per heavy atom. The Morgan fingerprint density at radius 2 is 1.92 bits per heavy atom. The molecule has 1 aromatic rings. The summed E-state index contributed by atoms with van der Waals surface area (Å²) in [5.74, 6) is 0.156. The van der Waals surface area contributed by atoms with Crippen LogP contribution in [0.2, 0.25) is 5.02 Å². The maximum atomic E-state index is 9.59. The van der Waals surface area contributed by atoms with Gasteiger partial charge in [-0.05, 0) is 32.4 Å². The molecule has 72 valence electrons. The smallest absolute Gasteiger partial charge is 0.122 e. The largest absolute Gasteiger partial charge is 0.508 e. The summed E-state index contributed by atoms with van der Waals surface area (Å²) in [7, 11) is 0. The van der Waals surface area contributed by atoms with E-state index >= 15 is 0 Å². The molecule has 13 heavy (non-hydrogen) atoms. The molecule has 0 saturated heterocycles. The molecule has 2 nitrogen and oxygen atoms in total. The van der Waals surface area contributed by atoms with Crippen LogP contribution in [0, 0.1) is 6.92 Å². The van der Waals surface area contributed by atoms with Gasteiger partial charge in [-0.3, -0.25) is 0 Å². The SMILES string of the molecule is Cc1ccc(O)c(C(C)(C)N)c1Cl. The summed E-state index contributed by atoms with van der Waals surface area (Å²) in [4.78, 5) is 0. The Hall–Kier alpha value is -0.730. The lowest BCUT2D eigenvalue weighted by Gasteiger charge is -2.22. The van der Waals surface area contributed by atoms with Crippen molar-refractivity contribution < 1.29 is 5.11 Å². The zero-order valence-electron chi connectivity index (χ0n) is 8.06. The van der Waals surface area contributed by atoms with E-state index in [4.69, 9.17) is 17.3 Å². The fourth-order valence-electron chi connectivity index (χ4n) is 1.28. The molecule has 3 N–H and O–H groups in total. The Bertz CT molecular complexity index is 328. The Balaban J connectivity index is 3.43. The highest BCUT2D eigenvalue weighted by Crippen LogP contribution is 2.35. The van der Waals surface area contributed by atoms with E-state index in [-0.39, 0.29) is 5.75 Å². The van der Waals surface area contributed by atoms with Crippen LogP contribution < -0.4 is 5.73 Å². The monoisotopic (exact) mass is 199 g/mol. The highest BCUT2D eigenvalue weighted by atomic mass is 35.5. The van der Waals surface area contributed by atoms with E-state index in [0.717, 1.165) is 5.56 Å². The van der Waals surface area contributed by atoms with Crippen molar-refractivity contribution in [3.05, 3.63) is 28.3 Å². The van der Waals surface area contributed by atoms with Crippen molar-refractivity contribution in [2.75, 3.05) is 0 Å². The van der Waals surface area contributed by atoms with Crippen LogP contribution in [0.1, 0.15) is 25.0 Å². The maximum Gasteiger partial charge on any atom is 0.122 e. The first-order valence-corrected chi connectivity index (χ1v) is 4.49. The van der Waals surface area contributed by atoms with Gasteiger partial charge < -0.3 is 10.8 Å². The molecule has 3 heteroatoms. The van der Waals surface area contributed by atoms with Gasteiger partial charge in [-0.2, -0.15) is 0 Å². The van der Waals surface area contributed by atoms with Crippen molar-refractivity contribution in [2.24, 2.45) is 5.73 Å². The highest BCUT2D eigenvalue weighted by Gasteiger charge is 2.22. The molecule has 0 aliphatic carbocycles. The molecule has 0 amide bonds. The first kappa shape index (κ1) is 10.4. The minimum atomic E-state index is -0.618.